The Morgan fingerprint density at radius 3 is 2.37 bits per heavy atom. The first-order valence-corrected chi connectivity index (χ1v) is 12.8. The monoisotopic (exact) mass is 424 g/mol. The van der Waals surface area contributed by atoms with Crippen LogP contribution in [0.1, 0.15) is 112 Å². The third kappa shape index (κ3) is 4.65. The number of ketones is 1. The van der Waals surface area contributed by atoms with E-state index in [0.717, 1.165) is 37.5 Å². The van der Waals surface area contributed by atoms with Gasteiger partial charge in [-0.05, 0) is 86.4 Å². The molecule has 3 aliphatic carbocycles. The van der Waals surface area contributed by atoms with E-state index in [-0.39, 0.29) is 12.2 Å². The van der Waals surface area contributed by atoms with Gasteiger partial charge in [0.15, 0.2) is 0 Å². The third-order valence-electron chi connectivity index (χ3n) is 9.88. The number of fused-ring (bicyclic) bond motifs is 3. The summed E-state index contributed by atoms with van der Waals surface area (Å²) in [6.07, 6.45) is 10.6. The van der Waals surface area contributed by atoms with E-state index in [9.17, 15) is 13.6 Å². The largest absolute Gasteiger partial charge is 0.299 e. The number of carbonyl (C=O) groups is 1. The van der Waals surface area contributed by atoms with Crippen molar-refractivity contribution in [2.45, 2.75) is 118 Å². The summed E-state index contributed by atoms with van der Waals surface area (Å²) >= 11 is 0. The Hall–Kier alpha value is -0.470. The molecule has 0 radical (unpaired) electrons. The normalized spacial score (nSPS) is 40.4. The van der Waals surface area contributed by atoms with Crippen molar-refractivity contribution in [3.05, 3.63) is 0 Å². The molecule has 0 amide bonds. The molecule has 0 aromatic carbocycles. The lowest BCUT2D eigenvalue weighted by Gasteiger charge is -2.56. The van der Waals surface area contributed by atoms with Crippen molar-refractivity contribution in [1.29, 1.82) is 0 Å². The number of halogens is 2. The van der Waals surface area contributed by atoms with Crippen molar-refractivity contribution in [2.75, 3.05) is 0 Å². The van der Waals surface area contributed by atoms with Crippen molar-refractivity contribution in [2.24, 2.45) is 46.3 Å². The highest BCUT2D eigenvalue weighted by Gasteiger charge is 2.60. The summed E-state index contributed by atoms with van der Waals surface area (Å²) in [6, 6.07) is 0. The number of carbonyl (C=O) groups excluding carboxylic acids is 1. The van der Waals surface area contributed by atoms with Crippen LogP contribution in [-0.4, -0.2) is 11.7 Å². The van der Waals surface area contributed by atoms with Crippen LogP contribution in [0.25, 0.3) is 0 Å². The van der Waals surface area contributed by atoms with Gasteiger partial charge in [0.25, 0.3) is 0 Å². The van der Waals surface area contributed by atoms with Crippen LogP contribution in [0.3, 0.4) is 0 Å². The Kier molecular flexibility index (Phi) is 7.10. The first-order chi connectivity index (χ1) is 13.9. The minimum absolute atomic E-state index is 0.157. The highest BCUT2D eigenvalue weighted by molar-refractivity contribution is 5.85. The zero-order valence-corrected chi connectivity index (χ0v) is 20.4. The minimum Gasteiger partial charge on any atom is -0.299 e. The molecule has 30 heavy (non-hydrogen) atoms. The summed E-state index contributed by atoms with van der Waals surface area (Å²) in [6.45, 7) is 12.7. The first kappa shape index (κ1) is 24.2. The number of hydrogen-bond acceptors (Lipinski definition) is 1. The fraction of sp³-hybridized carbons (Fsp3) is 0.963. The lowest BCUT2D eigenvalue weighted by Crippen LogP contribution is -2.52. The van der Waals surface area contributed by atoms with Gasteiger partial charge in [-0.15, -0.1) is 0 Å². The highest BCUT2D eigenvalue weighted by Crippen LogP contribution is 2.66. The van der Waals surface area contributed by atoms with E-state index in [4.69, 9.17) is 0 Å². The highest BCUT2D eigenvalue weighted by atomic mass is 19.3. The molecular weight excluding hydrogens is 378 g/mol. The minimum atomic E-state index is -2.68. The van der Waals surface area contributed by atoms with Crippen LogP contribution < -0.4 is 0 Å². The van der Waals surface area contributed by atoms with Crippen molar-refractivity contribution >= 4 is 5.78 Å². The molecule has 0 bridgehead atoms. The molecule has 3 saturated carbocycles. The molecule has 7 atom stereocenters. The summed E-state index contributed by atoms with van der Waals surface area (Å²) in [5.41, 5.74) is -0.154. The molecule has 3 rings (SSSR count). The molecule has 0 aromatic heterocycles. The second-order valence-corrected chi connectivity index (χ2v) is 12.4. The van der Waals surface area contributed by atoms with E-state index in [2.05, 4.69) is 27.7 Å². The summed E-state index contributed by atoms with van der Waals surface area (Å²) in [4.78, 5) is 13.0. The average molecular weight is 425 g/mol. The van der Waals surface area contributed by atoms with Gasteiger partial charge in [0, 0.05) is 18.3 Å². The average Bonchev–Trinajstić information content (AvgIpc) is 2.99. The van der Waals surface area contributed by atoms with Crippen molar-refractivity contribution in [3.63, 3.8) is 0 Å². The van der Waals surface area contributed by atoms with Crippen LogP contribution in [0.15, 0.2) is 0 Å². The van der Waals surface area contributed by atoms with Gasteiger partial charge in [-0.2, -0.15) is 0 Å². The Bertz CT molecular complexity index is 608. The Morgan fingerprint density at radius 1 is 1.03 bits per heavy atom. The molecule has 174 valence electrons. The maximum atomic E-state index is 13.7. The summed E-state index contributed by atoms with van der Waals surface area (Å²) in [7, 11) is 0. The van der Waals surface area contributed by atoms with E-state index in [1.54, 1.807) is 0 Å². The third-order valence-corrected chi connectivity index (χ3v) is 9.88. The van der Waals surface area contributed by atoms with Gasteiger partial charge >= 0.3 is 0 Å². The van der Waals surface area contributed by atoms with Crippen LogP contribution in [-0.2, 0) is 4.79 Å². The smallest absolute Gasteiger partial charge is 0.245 e. The van der Waals surface area contributed by atoms with E-state index in [0.29, 0.717) is 36.0 Å². The number of hydrogen-bond donors (Lipinski definition) is 0. The van der Waals surface area contributed by atoms with Crippen LogP contribution in [0.5, 0.6) is 0 Å². The van der Waals surface area contributed by atoms with Gasteiger partial charge in [0.05, 0.1) is 0 Å². The second kappa shape index (κ2) is 8.81. The fourth-order valence-corrected chi connectivity index (χ4v) is 8.10. The van der Waals surface area contributed by atoms with Gasteiger partial charge in [-0.25, -0.2) is 8.78 Å². The molecule has 0 saturated heterocycles. The van der Waals surface area contributed by atoms with Crippen LogP contribution in [0.4, 0.5) is 8.78 Å². The van der Waals surface area contributed by atoms with Gasteiger partial charge in [-0.1, -0.05) is 53.9 Å². The maximum absolute atomic E-state index is 13.7. The molecule has 1 nitrogen and oxygen atoms in total. The summed E-state index contributed by atoms with van der Waals surface area (Å²) in [5, 5.41) is 0. The van der Waals surface area contributed by atoms with Crippen molar-refractivity contribution in [3.8, 4) is 0 Å². The van der Waals surface area contributed by atoms with E-state index < -0.39 is 11.3 Å². The first-order valence-electron chi connectivity index (χ1n) is 12.8. The SMILES string of the molecule is CC(C)CCC[C@@H](C)[C@H]1CC[C@H]2[C@@H]3CCC(=O)[C@](C)(CCC(C)(F)F)[C@H]3CC[C@]12C. The molecule has 0 spiro atoms. The Balaban J connectivity index is 1.73. The molecule has 3 aliphatic rings. The van der Waals surface area contributed by atoms with Crippen molar-refractivity contribution < 1.29 is 13.6 Å². The number of alkyl halides is 2. The van der Waals surface area contributed by atoms with E-state index >= 15 is 0 Å². The molecule has 0 aliphatic heterocycles. The van der Waals surface area contributed by atoms with Gasteiger partial charge in [0.1, 0.15) is 5.78 Å². The molecule has 3 heteroatoms. The fourth-order valence-electron chi connectivity index (χ4n) is 8.10. The molecule has 0 unspecified atom stereocenters. The van der Waals surface area contributed by atoms with Crippen LogP contribution in [0, 0.1) is 46.3 Å². The lowest BCUT2D eigenvalue weighted by molar-refractivity contribution is -0.148. The lowest BCUT2D eigenvalue weighted by atomic mass is 9.47. The molecule has 0 aromatic rings. The zero-order valence-electron chi connectivity index (χ0n) is 20.4. The predicted molar refractivity (Wildman–Crippen MR) is 121 cm³/mol. The molecule has 0 N–H and O–H groups in total. The van der Waals surface area contributed by atoms with Crippen LogP contribution in [0.2, 0.25) is 0 Å². The topological polar surface area (TPSA) is 17.1 Å². The van der Waals surface area contributed by atoms with Crippen LogP contribution >= 0.6 is 0 Å². The maximum Gasteiger partial charge on any atom is 0.245 e. The van der Waals surface area contributed by atoms with Gasteiger partial charge in [0.2, 0.25) is 5.92 Å². The predicted octanol–water partition coefficient (Wildman–Crippen LogP) is 8.31. The van der Waals surface area contributed by atoms with Crippen molar-refractivity contribution in [1.82, 2.24) is 0 Å². The Morgan fingerprint density at radius 2 is 1.73 bits per heavy atom. The second-order valence-electron chi connectivity index (χ2n) is 12.4. The molecule has 3 fully saturated rings. The van der Waals surface area contributed by atoms with Gasteiger partial charge in [-0.3, -0.25) is 4.79 Å². The van der Waals surface area contributed by atoms with E-state index in [1.165, 1.54) is 38.5 Å². The number of rotatable bonds is 8. The number of Topliss-reactive ketones (excluding diaryl/α,β-unsaturated/α-hetero) is 1. The van der Waals surface area contributed by atoms with Gasteiger partial charge < -0.3 is 0 Å². The van der Waals surface area contributed by atoms with E-state index in [1.807, 2.05) is 6.92 Å². The quantitative estimate of drug-likeness (QED) is 0.383. The molecule has 0 heterocycles. The Labute approximate surface area is 184 Å². The molecular formula is C27H46F2O. The summed E-state index contributed by atoms with van der Waals surface area (Å²) in [5.74, 6) is 1.48. The summed E-state index contributed by atoms with van der Waals surface area (Å²) < 4.78 is 27.3. The zero-order chi connectivity index (χ0) is 22.3. The standard InChI is InChI=1S/C27H46F2O/c1-18(2)8-7-9-19(3)21-11-12-22-20-10-13-24(30)26(5,16-17-27(6,28)29)23(20)14-15-25(21,22)4/h18-23H,7-17H2,1-6H3/t19-,20+,21-,22+,23+,25-,26-/m1/s1.